The monoisotopic (exact) mass is 390 g/mol. The minimum absolute atomic E-state index is 0.0636. The smallest absolute Gasteiger partial charge is 0.277 e. The third-order valence-corrected chi connectivity index (χ3v) is 4.60. The second-order valence-electron chi connectivity index (χ2n) is 6.16. The molecule has 0 spiro atoms. The topological polar surface area (TPSA) is 50.7 Å². The van der Waals surface area contributed by atoms with E-state index in [4.69, 9.17) is 4.74 Å². The van der Waals surface area contributed by atoms with E-state index in [0.717, 1.165) is 39.7 Å². The van der Waals surface area contributed by atoms with Crippen LogP contribution in [0.25, 0.3) is 0 Å². The highest BCUT2D eigenvalue weighted by Gasteiger charge is 2.18. The summed E-state index contributed by atoms with van der Waals surface area (Å²) in [4.78, 5) is 12.0. The van der Waals surface area contributed by atoms with Gasteiger partial charge in [0.05, 0.1) is 5.71 Å². The van der Waals surface area contributed by atoms with E-state index in [2.05, 4.69) is 39.1 Å². The Hall–Kier alpha value is -1.88. The Kier molecular flexibility index (Phi) is 6.37. The van der Waals surface area contributed by atoms with Gasteiger partial charge in [-0.3, -0.25) is 4.79 Å². The zero-order valence-corrected chi connectivity index (χ0v) is 15.9. The number of aryl methyl sites for hydroxylation is 1. The van der Waals surface area contributed by atoms with E-state index < -0.39 is 0 Å². The molecule has 1 N–H and O–H groups in total. The van der Waals surface area contributed by atoms with E-state index >= 15 is 0 Å². The molecule has 5 heteroatoms. The van der Waals surface area contributed by atoms with Crippen LogP contribution in [0.2, 0.25) is 0 Å². The van der Waals surface area contributed by atoms with Gasteiger partial charge in [-0.1, -0.05) is 34.2 Å². The van der Waals surface area contributed by atoms with Crippen LogP contribution in [0.15, 0.2) is 51.6 Å². The Morgan fingerprint density at radius 2 is 2.21 bits per heavy atom. The number of allylic oxidation sites excluding steroid dienone is 3. The molecular formula is C19H23BrN2O2. The highest BCUT2D eigenvalue weighted by molar-refractivity contribution is 9.10. The summed E-state index contributed by atoms with van der Waals surface area (Å²) >= 11 is 3.40. The molecule has 0 heterocycles. The third kappa shape index (κ3) is 5.06. The van der Waals surface area contributed by atoms with Crippen molar-refractivity contribution >= 4 is 27.5 Å². The summed E-state index contributed by atoms with van der Waals surface area (Å²) in [5, 5.41) is 4.27. The van der Waals surface area contributed by atoms with Crippen molar-refractivity contribution < 1.29 is 9.53 Å². The summed E-state index contributed by atoms with van der Waals surface area (Å²) in [7, 11) is 0. The minimum atomic E-state index is -0.268. The minimum Gasteiger partial charge on any atom is -0.483 e. The van der Waals surface area contributed by atoms with Gasteiger partial charge in [-0.25, -0.2) is 5.43 Å². The van der Waals surface area contributed by atoms with Crippen molar-refractivity contribution in [2.24, 2.45) is 11.0 Å². The lowest BCUT2D eigenvalue weighted by atomic mass is 9.85. The number of amides is 1. The first kappa shape index (κ1) is 18.5. The second-order valence-corrected chi connectivity index (χ2v) is 7.08. The molecule has 0 radical (unpaired) electrons. The van der Waals surface area contributed by atoms with Crippen molar-refractivity contribution in [1.82, 2.24) is 5.43 Å². The van der Waals surface area contributed by atoms with Crippen LogP contribution < -0.4 is 10.2 Å². The number of nitrogens with zero attached hydrogens (tertiary/aromatic N) is 1. The number of rotatable bonds is 5. The van der Waals surface area contributed by atoms with Crippen LogP contribution in [-0.4, -0.2) is 18.2 Å². The largest absolute Gasteiger partial charge is 0.483 e. The van der Waals surface area contributed by atoms with Gasteiger partial charge in [0.15, 0.2) is 6.61 Å². The molecule has 1 atom stereocenters. The molecule has 128 valence electrons. The molecule has 0 aliphatic heterocycles. The van der Waals surface area contributed by atoms with E-state index in [9.17, 15) is 4.79 Å². The van der Waals surface area contributed by atoms with Crippen molar-refractivity contribution in [2.75, 3.05) is 6.61 Å². The summed E-state index contributed by atoms with van der Waals surface area (Å²) in [6.07, 6.45) is 3.94. The van der Waals surface area contributed by atoms with Gasteiger partial charge < -0.3 is 4.74 Å². The standard InChI is InChI=1S/C19H23BrN2O2/c1-12(2)15-6-5-13(3)17(10-15)21-22-19(23)11-24-18-8-7-16(20)9-14(18)4/h5,7-9,15H,1,6,10-11H2,2-4H3,(H,22,23)/t15-/m0/s1. The van der Waals surface area contributed by atoms with Gasteiger partial charge in [0.2, 0.25) is 0 Å². The number of carbonyl (C=O) groups is 1. The quantitative estimate of drug-likeness (QED) is 0.592. The summed E-state index contributed by atoms with van der Waals surface area (Å²) in [6, 6.07) is 5.67. The molecule has 0 unspecified atom stereocenters. The van der Waals surface area contributed by atoms with Crippen molar-refractivity contribution in [3.05, 3.63) is 52.0 Å². The Labute approximate surface area is 151 Å². The zero-order valence-electron chi connectivity index (χ0n) is 14.4. The van der Waals surface area contributed by atoms with Crippen molar-refractivity contribution in [1.29, 1.82) is 0 Å². The molecule has 0 fully saturated rings. The summed E-state index contributed by atoms with van der Waals surface area (Å²) in [6.45, 7) is 9.94. The maximum atomic E-state index is 12.0. The molecule has 1 aliphatic rings. The normalized spacial score (nSPS) is 18.9. The lowest BCUT2D eigenvalue weighted by Gasteiger charge is -2.22. The van der Waals surface area contributed by atoms with Crippen molar-refractivity contribution in [3.63, 3.8) is 0 Å². The van der Waals surface area contributed by atoms with E-state index in [1.807, 2.05) is 39.0 Å². The van der Waals surface area contributed by atoms with Crippen molar-refractivity contribution in [3.8, 4) is 5.75 Å². The predicted molar refractivity (Wildman–Crippen MR) is 101 cm³/mol. The molecule has 0 bridgehead atoms. The van der Waals surface area contributed by atoms with Crippen LogP contribution in [0, 0.1) is 12.8 Å². The molecule has 4 nitrogen and oxygen atoms in total. The van der Waals surface area contributed by atoms with Gasteiger partial charge >= 0.3 is 0 Å². The fraction of sp³-hybridized carbons (Fsp3) is 0.368. The first-order chi connectivity index (χ1) is 11.4. The molecule has 0 saturated heterocycles. The average molecular weight is 391 g/mol. The van der Waals surface area contributed by atoms with Gasteiger partial charge in [0.1, 0.15) is 5.75 Å². The van der Waals surface area contributed by atoms with E-state index in [1.165, 1.54) is 0 Å². The van der Waals surface area contributed by atoms with Crippen LogP contribution in [-0.2, 0) is 4.79 Å². The number of halogens is 1. The van der Waals surface area contributed by atoms with E-state index in [0.29, 0.717) is 11.7 Å². The molecule has 1 amide bonds. The number of nitrogens with one attached hydrogen (secondary N) is 1. The van der Waals surface area contributed by atoms with E-state index in [-0.39, 0.29) is 12.5 Å². The lowest BCUT2D eigenvalue weighted by molar-refractivity contribution is -0.123. The fourth-order valence-electron chi connectivity index (χ4n) is 2.50. The van der Waals surface area contributed by atoms with Crippen LogP contribution in [0.5, 0.6) is 5.75 Å². The molecule has 2 rings (SSSR count). The Morgan fingerprint density at radius 3 is 2.88 bits per heavy atom. The maximum absolute atomic E-state index is 12.0. The number of carbonyl (C=O) groups excluding carboxylic acids is 1. The maximum Gasteiger partial charge on any atom is 0.277 e. The van der Waals surface area contributed by atoms with Gasteiger partial charge in [-0.2, -0.15) is 5.10 Å². The first-order valence-corrected chi connectivity index (χ1v) is 8.73. The summed E-state index contributed by atoms with van der Waals surface area (Å²) in [5.41, 5.74) is 6.72. The van der Waals surface area contributed by atoms with Crippen LogP contribution in [0.1, 0.15) is 32.3 Å². The molecule has 0 saturated carbocycles. The number of hydrogen-bond donors (Lipinski definition) is 1. The Balaban J connectivity index is 1.91. The Morgan fingerprint density at radius 1 is 1.46 bits per heavy atom. The number of benzene rings is 1. The zero-order chi connectivity index (χ0) is 17.7. The van der Waals surface area contributed by atoms with Crippen LogP contribution in [0.3, 0.4) is 0 Å². The second kappa shape index (κ2) is 8.29. The highest BCUT2D eigenvalue weighted by Crippen LogP contribution is 2.26. The molecule has 1 aromatic carbocycles. The molecule has 1 aromatic rings. The SMILES string of the molecule is C=C(C)[C@H]1CC=C(C)C(=NNC(=O)COc2ccc(Br)cc2C)C1. The van der Waals surface area contributed by atoms with Crippen LogP contribution >= 0.6 is 15.9 Å². The lowest BCUT2D eigenvalue weighted by Crippen LogP contribution is -2.27. The molecule has 1 aliphatic carbocycles. The molecule has 24 heavy (non-hydrogen) atoms. The fourth-order valence-corrected chi connectivity index (χ4v) is 2.98. The van der Waals surface area contributed by atoms with Gasteiger partial charge in [-0.15, -0.1) is 0 Å². The molecule has 0 aromatic heterocycles. The average Bonchev–Trinajstić information content (AvgIpc) is 2.53. The van der Waals surface area contributed by atoms with Gasteiger partial charge in [0.25, 0.3) is 5.91 Å². The van der Waals surface area contributed by atoms with Crippen LogP contribution in [0.4, 0.5) is 0 Å². The highest BCUT2D eigenvalue weighted by atomic mass is 79.9. The molecular weight excluding hydrogens is 368 g/mol. The summed E-state index contributed by atoms with van der Waals surface area (Å²) in [5.74, 6) is 0.818. The Bertz CT molecular complexity index is 707. The first-order valence-electron chi connectivity index (χ1n) is 7.93. The number of hydrazone groups is 1. The number of hydrogen-bond acceptors (Lipinski definition) is 3. The predicted octanol–water partition coefficient (Wildman–Crippen LogP) is 4.54. The van der Waals surface area contributed by atoms with Gasteiger partial charge in [-0.05, 0) is 68.9 Å². The third-order valence-electron chi connectivity index (χ3n) is 4.11. The van der Waals surface area contributed by atoms with Gasteiger partial charge in [0, 0.05) is 4.47 Å². The van der Waals surface area contributed by atoms with Crippen molar-refractivity contribution in [2.45, 2.75) is 33.6 Å². The summed E-state index contributed by atoms with van der Waals surface area (Å²) < 4.78 is 6.53. The van der Waals surface area contributed by atoms with E-state index in [1.54, 1.807) is 0 Å². The number of ether oxygens (including phenoxy) is 1.